The molecule has 0 spiro atoms. The summed E-state index contributed by atoms with van der Waals surface area (Å²) >= 11 is 0. The van der Waals surface area contributed by atoms with Crippen LogP contribution >= 0.6 is 0 Å². The lowest BCUT2D eigenvalue weighted by molar-refractivity contribution is 0.102. The van der Waals surface area contributed by atoms with Gasteiger partial charge < -0.3 is 19.7 Å². The van der Waals surface area contributed by atoms with E-state index in [2.05, 4.69) is 15.5 Å². The van der Waals surface area contributed by atoms with Crippen molar-refractivity contribution in [2.75, 3.05) is 33.6 Å². The van der Waals surface area contributed by atoms with E-state index in [1.165, 1.54) is 7.11 Å². The molecular formula is C15H20N4O3. The number of carbonyl (C=O) groups excluding carboxylic acids is 1. The lowest BCUT2D eigenvalue weighted by Gasteiger charge is -2.09. The molecule has 1 heterocycles. The molecule has 0 radical (unpaired) electrons. The van der Waals surface area contributed by atoms with Crippen molar-refractivity contribution < 1.29 is 14.3 Å². The topological polar surface area (TPSA) is 79.5 Å². The van der Waals surface area contributed by atoms with Gasteiger partial charge in [0.1, 0.15) is 0 Å². The number of methoxy groups -OCH3 is 2. The average molecular weight is 304 g/mol. The molecule has 2 N–H and O–H groups in total. The first kappa shape index (κ1) is 15.8. The van der Waals surface area contributed by atoms with Crippen LogP contribution in [0.25, 0.3) is 0 Å². The van der Waals surface area contributed by atoms with E-state index >= 15 is 0 Å². The van der Waals surface area contributed by atoms with Crippen molar-refractivity contribution in [2.45, 2.75) is 6.54 Å². The number of benzene rings is 1. The summed E-state index contributed by atoms with van der Waals surface area (Å²) in [5.74, 6) is 1.30. The number of aromatic amines is 1. The molecular weight excluding hydrogens is 284 g/mol. The maximum absolute atomic E-state index is 12.2. The van der Waals surface area contributed by atoms with Crippen molar-refractivity contribution in [1.29, 1.82) is 0 Å². The van der Waals surface area contributed by atoms with Gasteiger partial charge in [0.25, 0.3) is 5.91 Å². The first-order valence-electron chi connectivity index (χ1n) is 6.76. The molecule has 0 unspecified atom stereocenters. The van der Waals surface area contributed by atoms with Gasteiger partial charge in [0.15, 0.2) is 17.3 Å². The van der Waals surface area contributed by atoms with Gasteiger partial charge in [-0.15, -0.1) is 0 Å². The predicted octanol–water partition coefficient (Wildman–Crippen LogP) is 1.74. The molecule has 7 nitrogen and oxygen atoms in total. The van der Waals surface area contributed by atoms with Crippen molar-refractivity contribution in [2.24, 2.45) is 0 Å². The lowest BCUT2D eigenvalue weighted by atomic mass is 10.2. The van der Waals surface area contributed by atoms with E-state index in [0.29, 0.717) is 22.9 Å². The normalized spacial score (nSPS) is 10.6. The number of nitrogens with one attached hydrogen (secondary N) is 2. The summed E-state index contributed by atoms with van der Waals surface area (Å²) in [6.45, 7) is 0.721. The van der Waals surface area contributed by atoms with E-state index in [1.807, 2.05) is 19.0 Å². The molecule has 1 aromatic heterocycles. The molecule has 118 valence electrons. The summed E-state index contributed by atoms with van der Waals surface area (Å²) in [4.78, 5) is 14.2. The quantitative estimate of drug-likeness (QED) is 0.850. The molecule has 1 amide bonds. The Morgan fingerprint density at radius 2 is 1.95 bits per heavy atom. The number of hydrogen-bond acceptors (Lipinski definition) is 5. The van der Waals surface area contributed by atoms with Crippen molar-refractivity contribution in [3.05, 3.63) is 35.5 Å². The Morgan fingerprint density at radius 1 is 1.23 bits per heavy atom. The second-order valence-corrected chi connectivity index (χ2v) is 5.04. The van der Waals surface area contributed by atoms with Crippen LogP contribution in [0, 0.1) is 0 Å². The van der Waals surface area contributed by atoms with Gasteiger partial charge in [0.05, 0.1) is 19.9 Å². The van der Waals surface area contributed by atoms with Crippen LogP contribution in [-0.4, -0.2) is 49.3 Å². The fourth-order valence-corrected chi connectivity index (χ4v) is 2.01. The van der Waals surface area contributed by atoms with E-state index < -0.39 is 0 Å². The Kier molecular flexibility index (Phi) is 5.00. The number of amides is 1. The summed E-state index contributed by atoms with van der Waals surface area (Å²) in [5.41, 5.74) is 1.39. The van der Waals surface area contributed by atoms with Crippen LogP contribution in [0.2, 0.25) is 0 Å². The minimum Gasteiger partial charge on any atom is -0.493 e. The average Bonchev–Trinajstić information content (AvgIpc) is 2.92. The first-order valence-corrected chi connectivity index (χ1v) is 6.76. The zero-order valence-electron chi connectivity index (χ0n) is 13.1. The van der Waals surface area contributed by atoms with Crippen LogP contribution in [0.1, 0.15) is 16.1 Å². The Hall–Kier alpha value is -2.54. The summed E-state index contributed by atoms with van der Waals surface area (Å²) in [5, 5.41) is 9.70. The van der Waals surface area contributed by atoms with Gasteiger partial charge in [-0.25, -0.2) is 0 Å². The largest absolute Gasteiger partial charge is 0.493 e. The van der Waals surface area contributed by atoms with Gasteiger partial charge in [-0.2, -0.15) is 5.10 Å². The number of ether oxygens (including phenoxy) is 2. The number of anilines is 1. The summed E-state index contributed by atoms with van der Waals surface area (Å²) in [7, 11) is 7.00. The van der Waals surface area contributed by atoms with Crippen molar-refractivity contribution in [3.63, 3.8) is 0 Å². The number of H-pyrrole nitrogens is 1. The molecule has 0 aliphatic carbocycles. The molecule has 2 aromatic rings. The highest BCUT2D eigenvalue weighted by molar-refractivity contribution is 6.04. The van der Waals surface area contributed by atoms with Crippen LogP contribution in [0.5, 0.6) is 11.5 Å². The lowest BCUT2D eigenvalue weighted by Crippen LogP contribution is -2.12. The van der Waals surface area contributed by atoms with E-state index in [-0.39, 0.29) is 5.91 Å². The number of rotatable bonds is 6. The highest BCUT2D eigenvalue weighted by Crippen LogP contribution is 2.27. The monoisotopic (exact) mass is 304 g/mol. The predicted molar refractivity (Wildman–Crippen MR) is 83.5 cm³/mol. The highest BCUT2D eigenvalue weighted by atomic mass is 16.5. The second kappa shape index (κ2) is 6.95. The Morgan fingerprint density at radius 3 is 2.59 bits per heavy atom. The molecule has 0 aliphatic heterocycles. The van der Waals surface area contributed by atoms with Gasteiger partial charge in [0.2, 0.25) is 0 Å². The molecule has 0 saturated heterocycles. The van der Waals surface area contributed by atoms with Crippen LogP contribution in [0.3, 0.4) is 0 Å². The second-order valence-electron chi connectivity index (χ2n) is 5.04. The molecule has 0 fully saturated rings. The maximum atomic E-state index is 12.2. The molecule has 0 atom stereocenters. The number of aromatic nitrogens is 2. The standard InChI is InChI=1S/C15H20N4O3/c1-19(2)9-11-8-14(18-17-11)16-15(20)10-5-6-12(21-3)13(7-10)22-4/h5-8H,9H2,1-4H3,(H2,16,17,18,20). The smallest absolute Gasteiger partial charge is 0.257 e. The van der Waals surface area contributed by atoms with Crippen molar-refractivity contribution in [3.8, 4) is 11.5 Å². The Balaban J connectivity index is 2.10. The molecule has 7 heteroatoms. The maximum Gasteiger partial charge on any atom is 0.257 e. The summed E-state index contributed by atoms with van der Waals surface area (Å²) in [6, 6.07) is 6.79. The molecule has 0 aliphatic rings. The Bertz CT molecular complexity index is 652. The number of carbonyl (C=O) groups is 1. The third-order valence-electron chi connectivity index (χ3n) is 3.00. The zero-order valence-corrected chi connectivity index (χ0v) is 13.1. The van der Waals surface area contributed by atoms with E-state index in [0.717, 1.165) is 12.2 Å². The van der Waals surface area contributed by atoms with Gasteiger partial charge in [0, 0.05) is 18.2 Å². The molecule has 0 saturated carbocycles. The van der Waals surface area contributed by atoms with E-state index in [1.54, 1.807) is 31.4 Å². The van der Waals surface area contributed by atoms with Crippen LogP contribution in [0.4, 0.5) is 5.82 Å². The minimum absolute atomic E-state index is 0.260. The highest BCUT2D eigenvalue weighted by Gasteiger charge is 2.12. The van der Waals surface area contributed by atoms with Crippen LogP contribution in [-0.2, 0) is 6.54 Å². The fourth-order valence-electron chi connectivity index (χ4n) is 2.01. The van der Waals surface area contributed by atoms with Crippen LogP contribution < -0.4 is 14.8 Å². The van der Waals surface area contributed by atoms with E-state index in [4.69, 9.17) is 9.47 Å². The molecule has 2 rings (SSSR count). The van der Waals surface area contributed by atoms with E-state index in [9.17, 15) is 4.79 Å². The molecule has 1 aromatic carbocycles. The number of hydrogen-bond donors (Lipinski definition) is 2. The Labute approximate surface area is 129 Å². The van der Waals surface area contributed by atoms with Gasteiger partial charge in [-0.1, -0.05) is 0 Å². The molecule has 22 heavy (non-hydrogen) atoms. The molecule has 0 bridgehead atoms. The van der Waals surface area contributed by atoms with Gasteiger partial charge >= 0.3 is 0 Å². The van der Waals surface area contributed by atoms with Gasteiger partial charge in [-0.05, 0) is 32.3 Å². The third-order valence-corrected chi connectivity index (χ3v) is 3.00. The van der Waals surface area contributed by atoms with Crippen LogP contribution in [0.15, 0.2) is 24.3 Å². The minimum atomic E-state index is -0.260. The summed E-state index contributed by atoms with van der Waals surface area (Å²) in [6.07, 6.45) is 0. The third kappa shape index (κ3) is 3.76. The van der Waals surface area contributed by atoms with Gasteiger partial charge in [-0.3, -0.25) is 9.89 Å². The number of nitrogens with zero attached hydrogens (tertiary/aromatic N) is 2. The SMILES string of the molecule is COc1ccc(C(=O)Nc2cc(CN(C)C)[nH]n2)cc1OC. The zero-order chi connectivity index (χ0) is 16.1. The fraction of sp³-hybridized carbons (Fsp3) is 0.333. The first-order chi connectivity index (χ1) is 10.5. The summed E-state index contributed by atoms with van der Waals surface area (Å²) < 4.78 is 10.3. The van der Waals surface area contributed by atoms with Crippen molar-refractivity contribution >= 4 is 11.7 Å². The van der Waals surface area contributed by atoms with Crippen molar-refractivity contribution in [1.82, 2.24) is 15.1 Å².